The van der Waals surface area contributed by atoms with Crippen LogP contribution in [0.4, 0.5) is 4.79 Å². The van der Waals surface area contributed by atoms with Crippen LogP contribution in [0.5, 0.6) is 0 Å². The Kier molecular flexibility index (Phi) is 3.33. The number of amides is 2. The highest BCUT2D eigenvalue weighted by atomic mass is 16.6. The smallest absolute Gasteiger partial charge is 0.410 e. The van der Waals surface area contributed by atoms with Crippen molar-refractivity contribution in [2.24, 2.45) is 0 Å². The zero-order chi connectivity index (χ0) is 10.7. The van der Waals surface area contributed by atoms with E-state index in [0.29, 0.717) is 0 Å². The summed E-state index contributed by atoms with van der Waals surface area (Å²) >= 11 is 0. The van der Waals surface area contributed by atoms with E-state index in [0.717, 1.165) is 6.42 Å². The van der Waals surface area contributed by atoms with Gasteiger partial charge in [-0.3, -0.25) is 9.69 Å². The van der Waals surface area contributed by atoms with Crippen molar-refractivity contribution in [2.75, 3.05) is 13.7 Å². The number of nitrogens with zero attached hydrogens (tertiary/aromatic N) is 1. The molecule has 0 radical (unpaired) electrons. The van der Waals surface area contributed by atoms with Gasteiger partial charge in [-0.1, -0.05) is 6.92 Å². The predicted octanol–water partition coefficient (Wildman–Crippen LogP) is 0.352. The van der Waals surface area contributed by atoms with Crippen LogP contribution in [-0.4, -0.2) is 42.6 Å². The van der Waals surface area contributed by atoms with Gasteiger partial charge in [-0.25, -0.2) is 4.79 Å². The van der Waals surface area contributed by atoms with Gasteiger partial charge < -0.3 is 10.1 Å². The van der Waals surface area contributed by atoms with E-state index in [2.05, 4.69) is 5.32 Å². The fourth-order valence-corrected chi connectivity index (χ4v) is 1.18. The Bertz CT molecular complexity index is 242. The minimum Gasteiger partial charge on any atom is -0.447 e. The quantitative estimate of drug-likeness (QED) is 0.715. The number of cyclic esters (lactones) is 1. The Morgan fingerprint density at radius 1 is 1.79 bits per heavy atom. The Labute approximate surface area is 83.4 Å². The zero-order valence-corrected chi connectivity index (χ0v) is 8.74. The van der Waals surface area contributed by atoms with Gasteiger partial charge in [-0.15, -0.1) is 0 Å². The first-order chi connectivity index (χ1) is 6.56. The highest BCUT2D eigenvalue weighted by Crippen LogP contribution is 2.09. The molecule has 2 unspecified atom stereocenters. The molecular formula is C9H16N2O3. The molecule has 1 aliphatic heterocycles. The van der Waals surface area contributed by atoms with Crippen LogP contribution in [-0.2, 0) is 9.53 Å². The first-order valence-corrected chi connectivity index (χ1v) is 4.76. The molecule has 1 saturated heterocycles. The number of nitrogens with one attached hydrogen (secondary N) is 1. The molecular weight excluding hydrogens is 184 g/mol. The van der Waals surface area contributed by atoms with Gasteiger partial charge in [0.25, 0.3) is 0 Å². The average molecular weight is 200 g/mol. The molecule has 2 atom stereocenters. The molecule has 14 heavy (non-hydrogen) atoms. The zero-order valence-electron chi connectivity index (χ0n) is 8.74. The monoisotopic (exact) mass is 200 g/mol. The van der Waals surface area contributed by atoms with Gasteiger partial charge in [-0.2, -0.15) is 0 Å². The molecule has 1 N–H and O–H groups in total. The molecule has 0 aromatic rings. The van der Waals surface area contributed by atoms with Crippen molar-refractivity contribution in [3.63, 3.8) is 0 Å². The van der Waals surface area contributed by atoms with E-state index in [-0.39, 0.29) is 18.6 Å². The van der Waals surface area contributed by atoms with Crippen molar-refractivity contribution in [1.29, 1.82) is 0 Å². The van der Waals surface area contributed by atoms with Gasteiger partial charge in [0.1, 0.15) is 12.6 Å². The molecule has 1 aliphatic rings. The lowest BCUT2D eigenvalue weighted by Crippen LogP contribution is -2.46. The number of carbonyl (C=O) groups excluding carboxylic acids is 2. The summed E-state index contributed by atoms with van der Waals surface area (Å²) in [7, 11) is 1.57. The Morgan fingerprint density at radius 3 is 2.86 bits per heavy atom. The van der Waals surface area contributed by atoms with Gasteiger partial charge in [0, 0.05) is 13.1 Å². The normalized spacial score (nSPS) is 23.2. The third-order valence-corrected chi connectivity index (χ3v) is 2.42. The molecule has 1 rings (SSSR count). The van der Waals surface area contributed by atoms with E-state index in [1.54, 1.807) is 7.05 Å². The largest absolute Gasteiger partial charge is 0.447 e. The molecule has 0 bridgehead atoms. The van der Waals surface area contributed by atoms with Crippen molar-refractivity contribution in [3.8, 4) is 0 Å². The van der Waals surface area contributed by atoms with Gasteiger partial charge in [0.2, 0.25) is 5.91 Å². The molecule has 0 spiro atoms. The van der Waals surface area contributed by atoms with Gasteiger partial charge >= 0.3 is 6.09 Å². The van der Waals surface area contributed by atoms with Crippen LogP contribution in [0.1, 0.15) is 20.3 Å². The third kappa shape index (κ3) is 2.16. The van der Waals surface area contributed by atoms with E-state index in [9.17, 15) is 9.59 Å². The average Bonchev–Trinajstić information content (AvgIpc) is 2.47. The molecule has 2 amide bonds. The third-order valence-electron chi connectivity index (χ3n) is 2.42. The van der Waals surface area contributed by atoms with Crippen LogP contribution >= 0.6 is 0 Å². The summed E-state index contributed by atoms with van der Waals surface area (Å²) in [5, 5.41) is 2.81. The highest BCUT2D eigenvalue weighted by Gasteiger charge is 2.35. The van der Waals surface area contributed by atoms with Gasteiger partial charge in [0.05, 0.1) is 0 Å². The van der Waals surface area contributed by atoms with Crippen LogP contribution in [0.3, 0.4) is 0 Å². The molecule has 1 fully saturated rings. The standard InChI is InChI=1S/C9H16N2O3/c1-4-6(2)10-8(12)7-5-14-9(13)11(7)3/h6-7H,4-5H2,1-3H3,(H,10,12). The van der Waals surface area contributed by atoms with Crippen LogP contribution in [0.25, 0.3) is 0 Å². The van der Waals surface area contributed by atoms with Crippen LogP contribution in [0.15, 0.2) is 0 Å². The fourth-order valence-electron chi connectivity index (χ4n) is 1.18. The van der Waals surface area contributed by atoms with Crippen molar-refractivity contribution < 1.29 is 14.3 Å². The molecule has 0 aliphatic carbocycles. The van der Waals surface area contributed by atoms with Crippen molar-refractivity contribution >= 4 is 12.0 Å². The molecule has 5 heteroatoms. The first-order valence-electron chi connectivity index (χ1n) is 4.76. The summed E-state index contributed by atoms with van der Waals surface area (Å²) < 4.78 is 4.74. The number of likely N-dealkylation sites (N-methyl/N-ethyl adjacent to an activating group) is 1. The van der Waals surface area contributed by atoms with E-state index in [1.807, 2.05) is 13.8 Å². The first kappa shape index (κ1) is 10.8. The number of rotatable bonds is 3. The van der Waals surface area contributed by atoms with Crippen molar-refractivity contribution in [1.82, 2.24) is 10.2 Å². The number of ether oxygens (including phenoxy) is 1. The van der Waals surface area contributed by atoms with Crippen LogP contribution in [0.2, 0.25) is 0 Å². The minimum absolute atomic E-state index is 0.131. The summed E-state index contributed by atoms with van der Waals surface area (Å²) in [5.41, 5.74) is 0. The number of carbonyl (C=O) groups is 2. The summed E-state index contributed by atoms with van der Waals surface area (Å²) in [6.07, 6.45) is 0.436. The second kappa shape index (κ2) is 4.30. The molecule has 5 nitrogen and oxygen atoms in total. The lowest BCUT2D eigenvalue weighted by atomic mass is 10.2. The summed E-state index contributed by atoms with van der Waals surface area (Å²) in [5.74, 6) is -0.146. The van der Waals surface area contributed by atoms with Crippen LogP contribution < -0.4 is 5.32 Å². The topological polar surface area (TPSA) is 58.6 Å². The maximum Gasteiger partial charge on any atom is 0.410 e. The second-order valence-electron chi connectivity index (χ2n) is 3.52. The predicted molar refractivity (Wildman–Crippen MR) is 50.8 cm³/mol. The van der Waals surface area contributed by atoms with E-state index in [1.165, 1.54) is 4.90 Å². The Morgan fingerprint density at radius 2 is 2.43 bits per heavy atom. The van der Waals surface area contributed by atoms with Crippen molar-refractivity contribution in [3.05, 3.63) is 0 Å². The summed E-state index contributed by atoms with van der Waals surface area (Å²) in [6, 6.07) is -0.344. The van der Waals surface area contributed by atoms with Gasteiger partial charge in [0.15, 0.2) is 0 Å². The number of hydrogen-bond donors (Lipinski definition) is 1. The molecule has 1 heterocycles. The fraction of sp³-hybridized carbons (Fsp3) is 0.778. The second-order valence-corrected chi connectivity index (χ2v) is 3.52. The van der Waals surface area contributed by atoms with Crippen molar-refractivity contribution in [2.45, 2.75) is 32.4 Å². The summed E-state index contributed by atoms with van der Waals surface area (Å²) in [6.45, 7) is 4.07. The van der Waals surface area contributed by atoms with E-state index in [4.69, 9.17) is 4.74 Å². The Hall–Kier alpha value is -1.26. The Balaban J connectivity index is 2.49. The molecule has 0 saturated carbocycles. The SMILES string of the molecule is CCC(C)NC(=O)C1COC(=O)N1C. The van der Waals surface area contributed by atoms with E-state index < -0.39 is 12.1 Å². The molecule has 80 valence electrons. The molecule has 0 aromatic carbocycles. The lowest BCUT2D eigenvalue weighted by molar-refractivity contribution is -0.125. The van der Waals surface area contributed by atoms with Gasteiger partial charge in [-0.05, 0) is 13.3 Å². The maximum atomic E-state index is 11.6. The molecule has 0 aromatic heterocycles. The van der Waals surface area contributed by atoms with Crippen LogP contribution in [0, 0.1) is 0 Å². The maximum absolute atomic E-state index is 11.6. The number of hydrogen-bond acceptors (Lipinski definition) is 3. The minimum atomic E-state index is -0.475. The lowest BCUT2D eigenvalue weighted by Gasteiger charge is -2.18. The highest BCUT2D eigenvalue weighted by molar-refractivity contribution is 5.87. The summed E-state index contributed by atoms with van der Waals surface area (Å²) in [4.78, 5) is 23.9. The van der Waals surface area contributed by atoms with E-state index >= 15 is 0 Å².